The van der Waals surface area contributed by atoms with E-state index in [9.17, 15) is 8.42 Å². The summed E-state index contributed by atoms with van der Waals surface area (Å²) in [5.74, 6) is 0. The highest BCUT2D eigenvalue weighted by atomic mass is 32.2. The second kappa shape index (κ2) is 2.55. The lowest BCUT2D eigenvalue weighted by Crippen LogP contribution is -2.14. The summed E-state index contributed by atoms with van der Waals surface area (Å²) in [7, 11) is -3.69. The van der Waals surface area contributed by atoms with Crippen molar-refractivity contribution in [1.82, 2.24) is 10.2 Å². The number of hydrogen-bond donors (Lipinski definition) is 1. The van der Waals surface area contributed by atoms with Crippen LogP contribution in [-0.2, 0) is 10.0 Å². The molecule has 1 aromatic rings. The summed E-state index contributed by atoms with van der Waals surface area (Å²) in [4.78, 5) is 0. The molecule has 0 aliphatic heterocycles. The van der Waals surface area contributed by atoms with E-state index in [1.807, 2.05) is 0 Å². The number of rotatable bonds is 1. The minimum absolute atomic E-state index is 0.205. The van der Waals surface area contributed by atoms with Gasteiger partial charge in [0.15, 0.2) is 5.03 Å². The predicted octanol–water partition coefficient (Wildman–Crippen LogP) is -0.568. The van der Waals surface area contributed by atoms with Crippen LogP contribution in [0.15, 0.2) is 17.2 Å². The van der Waals surface area contributed by atoms with Crippen LogP contribution < -0.4 is 5.14 Å². The minimum Gasteiger partial charge on any atom is -0.223 e. The van der Waals surface area contributed by atoms with E-state index in [2.05, 4.69) is 10.2 Å². The zero-order chi connectivity index (χ0) is 8.48. The molecule has 60 valence electrons. The molecule has 0 aromatic carbocycles. The normalized spacial score (nSPS) is 11.5. The van der Waals surface area contributed by atoms with Crippen LogP contribution in [0, 0.1) is 6.92 Å². The van der Waals surface area contributed by atoms with Crippen LogP contribution >= 0.6 is 0 Å². The van der Waals surface area contributed by atoms with Crippen molar-refractivity contribution in [2.45, 2.75) is 11.9 Å². The molecule has 6 heteroatoms. The van der Waals surface area contributed by atoms with Gasteiger partial charge < -0.3 is 0 Å². The average Bonchev–Trinajstić information content (AvgIpc) is 1.86. The molecule has 0 unspecified atom stereocenters. The zero-order valence-electron chi connectivity index (χ0n) is 5.85. The number of primary sulfonamides is 1. The number of sulfonamides is 1. The van der Waals surface area contributed by atoms with Crippen molar-refractivity contribution in [2.24, 2.45) is 5.14 Å². The molecule has 11 heavy (non-hydrogen) atoms. The Morgan fingerprint density at radius 3 is 2.36 bits per heavy atom. The molecule has 5 nitrogen and oxygen atoms in total. The third-order valence-electron chi connectivity index (χ3n) is 1.06. The molecule has 0 fully saturated rings. The summed E-state index contributed by atoms with van der Waals surface area (Å²) >= 11 is 0. The molecule has 0 saturated carbocycles. The maximum atomic E-state index is 10.6. The number of aromatic nitrogens is 2. The van der Waals surface area contributed by atoms with Gasteiger partial charge in [0.25, 0.3) is 10.0 Å². The van der Waals surface area contributed by atoms with Crippen molar-refractivity contribution in [3.05, 3.63) is 17.8 Å². The Labute approximate surface area is 64.3 Å². The Kier molecular flexibility index (Phi) is 1.88. The third kappa shape index (κ3) is 1.95. The lowest BCUT2D eigenvalue weighted by Gasteiger charge is -1.94. The van der Waals surface area contributed by atoms with Gasteiger partial charge in [0.1, 0.15) is 0 Å². The van der Waals surface area contributed by atoms with Crippen LogP contribution in [-0.4, -0.2) is 18.6 Å². The molecular formula is C5H7N3O2S. The Morgan fingerprint density at radius 2 is 2.00 bits per heavy atom. The highest BCUT2D eigenvalue weighted by molar-refractivity contribution is 7.89. The monoisotopic (exact) mass is 173 g/mol. The first-order valence-corrected chi connectivity index (χ1v) is 4.38. The molecule has 0 radical (unpaired) electrons. The molecule has 1 aromatic heterocycles. The second-order valence-corrected chi connectivity index (χ2v) is 3.57. The van der Waals surface area contributed by atoms with E-state index in [-0.39, 0.29) is 5.03 Å². The molecule has 0 bridgehead atoms. The van der Waals surface area contributed by atoms with Gasteiger partial charge in [0.05, 0.1) is 5.69 Å². The molecule has 2 N–H and O–H groups in total. The van der Waals surface area contributed by atoms with Crippen molar-refractivity contribution >= 4 is 10.0 Å². The number of hydrogen-bond acceptors (Lipinski definition) is 4. The standard InChI is InChI=1S/C5H7N3O2S/c1-4-2-3-5(8-7-4)11(6,9)10/h2-3H,1H3,(H2,6,9,10). The lowest BCUT2D eigenvalue weighted by atomic mass is 10.4. The summed E-state index contributed by atoms with van der Waals surface area (Å²) in [5.41, 5.74) is 0.650. The van der Waals surface area contributed by atoms with E-state index in [0.717, 1.165) is 0 Å². The largest absolute Gasteiger partial charge is 0.257 e. The SMILES string of the molecule is Cc1ccc(S(N)(=O)=O)nn1. The summed E-state index contributed by atoms with van der Waals surface area (Å²) in [6.07, 6.45) is 0. The highest BCUT2D eigenvalue weighted by Crippen LogP contribution is 1.99. The maximum Gasteiger partial charge on any atom is 0.257 e. The van der Waals surface area contributed by atoms with Gasteiger partial charge in [-0.05, 0) is 19.1 Å². The molecule has 0 spiro atoms. The first-order valence-electron chi connectivity index (χ1n) is 2.83. The van der Waals surface area contributed by atoms with Crippen LogP contribution in [0.4, 0.5) is 0 Å². The fourth-order valence-electron chi connectivity index (χ4n) is 0.538. The minimum atomic E-state index is -3.69. The molecule has 0 aliphatic carbocycles. The smallest absolute Gasteiger partial charge is 0.223 e. The molecule has 0 atom stereocenters. The van der Waals surface area contributed by atoms with E-state index in [1.165, 1.54) is 12.1 Å². The zero-order valence-corrected chi connectivity index (χ0v) is 6.67. The van der Waals surface area contributed by atoms with Crippen molar-refractivity contribution in [3.63, 3.8) is 0 Å². The van der Waals surface area contributed by atoms with Crippen molar-refractivity contribution in [1.29, 1.82) is 0 Å². The fourth-order valence-corrected chi connectivity index (χ4v) is 0.951. The molecule has 0 aliphatic rings. The van der Waals surface area contributed by atoms with E-state index >= 15 is 0 Å². The van der Waals surface area contributed by atoms with Gasteiger partial charge in [-0.25, -0.2) is 13.6 Å². The second-order valence-electron chi connectivity index (χ2n) is 2.06. The number of nitrogens with zero attached hydrogens (tertiary/aromatic N) is 2. The maximum absolute atomic E-state index is 10.6. The first kappa shape index (κ1) is 8.09. The van der Waals surface area contributed by atoms with E-state index in [0.29, 0.717) is 5.69 Å². The van der Waals surface area contributed by atoms with Crippen LogP contribution in [0.25, 0.3) is 0 Å². The molecule has 1 rings (SSSR count). The topological polar surface area (TPSA) is 85.9 Å². The van der Waals surface area contributed by atoms with Gasteiger partial charge >= 0.3 is 0 Å². The molecule has 0 amide bonds. The molecule has 1 heterocycles. The van der Waals surface area contributed by atoms with Gasteiger partial charge in [-0.15, -0.1) is 5.10 Å². The highest BCUT2D eigenvalue weighted by Gasteiger charge is 2.08. The summed E-state index contributed by atoms with van der Waals surface area (Å²) in [6.45, 7) is 1.71. The molecular weight excluding hydrogens is 166 g/mol. The van der Waals surface area contributed by atoms with Gasteiger partial charge in [0.2, 0.25) is 0 Å². The van der Waals surface area contributed by atoms with Crippen LogP contribution in [0.2, 0.25) is 0 Å². The quantitative estimate of drug-likeness (QED) is 0.616. The van der Waals surface area contributed by atoms with Crippen molar-refractivity contribution in [3.8, 4) is 0 Å². The average molecular weight is 173 g/mol. The van der Waals surface area contributed by atoms with E-state index in [4.69, 9.17) is 5.14 Å². The summed E-state index contributed by atoms with van der Waals surface area (Å²) in [6, 6.07) is 2.85. The van der Waals surface area contributed by atoms with E-state index < -0.39 is 10.0 Å². The third-order valence-corrected chi connectivity index (χ3v) is 1.87. The van der Waals surface area contributed by atoms with E-state index in [1.54, 1.807) is 6.92 Å². The van der Waals surface area contributed by atoms with Gasteiger partial charge in [0, 0.05) is 0 Å². The van der Waals surface area contributed by atoms with Crippen LogP contribution in [0.3, 0.4) is 0 Å². The fraction of sp³-hybridized carbons (Fsp3) is 0.200. The van der Waals surface area contributed by atoms with Crippen molar-refractivity contribution < 1.29 is 8.42 Å². The summed E-state index contributed by atoms with van der Waals surface area (Å²) < 4.78 is 21.2. The predicted molar refractivity (Wildman–Crippen MR) is 38.1 cm³/mol. The Balaban J connectivity index is 3.20. The Hall–Kier alpha value is -1.01. The Bertz CT molecular complexity index is 342. The first-order chi connectivity index (χ1) is 5.00. The number of nitrogens with two attached hydrogens (primary N) is 1. The van der Waals surface area contributed by atoms with Crippen LogP contribution in [0.5, 0.6) is 0 Å². The molecule has 0 saturated heterocycles. The summed E-state index contributed by atoms with van der Waals surface area (Å²) in [5, 5.41) is 11.5. The van der Waals surface area contributed by atoms with Crippen molar-refractivity contribution in [2.75, 3.05) is 0 Å². The lowest BCUT2D eigenvalue weighted by molar-refractivity contribution is 0.591. The van der Waals surface area contributed by atoms with Crippen LogP contribution in [0.1, 0.15) is 5.69 Å². The van der Waals surface area contributed by atoms with Gasteiger partial charge in [-0.3, -0.25) is 0 Å². The van der Waals surface area contributed by atoms with Gasteiger partial charge in [-0.2, -0.15) is 5.10 Å². The number of aryl methyl sites for hydroxylation is 1. The Morgan fingerprint density at radius 1 is 1.36 bits per heavy atom. The van der Waals surface area contributed by atoms with Gasteiger partial charge in [-0.1, -0.05) is 0 Å².